The quantitative estimate of drug-likeness (QED) is 0.722. The van der Waals surface area contributed by atoms with Crippen LogP contribution in [0.1, 0.15) is 12.5 Å². The molecule has 1 nitrogen and oxygen atoms in total. The van der Waals surface area contributed by atoms with E-state index in [1.807, 2.05) is 0 Å². The number of benzene rings is 1. The Balaban J connectivity index is 2.90. The molecule has 0 unspecified atom stereocenters. The van der Waals surface area contributed by atoms with Gasteiger partial charge in [-0.3, -0.25) is 0 Å². The third-order valence-corrected chi connectivity index (χ3v) is 1.55. The van der Waals surface area contributed by atoms with E-state index in [1.165, 1.54) is 6.07 Å². The summed E-state index contributed by atoms with van der Waals surface area (Å²) >= 11 is 0. The molecule has 1 rings (SSSR count). The summed E-state index contributed by atoms with van der Waals surface area (Å²) < 4.78 is 25.5. The van der Waals surface area contributed by atoms with Gasteiger partial charge in [0.05, 0.1) is 0 Å². The Morgan fingerprint density at radius 1 is 1.42 bits per heavy atom. The lowest BCUT2D eigenvalue weighted by Crippen LogP contribution is -2.18. The molecule has 0 fully saturated rings. The van der Waals surface area contributed by atoms with E-state index in [4.69, 9.17) is 5.73 Å². The Hall–Kier alpha value is -0.960. The average Bonchev–Trinajstić information content (AvgIpc) is 1.96. The summed E-state index contributed by atoms with van der Waals surface area (Å²) in [4.78, 5) is 0. The van der Waals surface area contributed by atoms with E-state index in [0.717, 1.165) is 12.1 Å². The first-order valence-electron chi connectivity index (χ1n) is 3.79. The summed E-state index contributed by atoms with van der Waals surface area (Å²) in [7, 11) is 0. The van der Waals surface area contributed by atoms with E-state index in [2.05, 4.69) is 0 Å². The molecule has 0 aliphatic heterocycles. The minimum absolute atomic E-state index is 0.152. The van der Waals surface area contributed by atoms with Crippen LogP contribution < -0.4 is 5.73 Å². The van der Waals surface area contributed by atoms with E-state index in [-0.39, 0.29) is 6.04 Å². The lowest BCUT2D eigenvalue weighted by Gasteiger charge is -2.05. The van der Waals surface area contributed by atoms with Crippen LogP contribution in [0.25, 0.3) is 0 Å². The van der Waals surface area contributed by atoms with Crippen molar-refractivity contribution in [3.05, 3.63) is 35.4 Å². The lowest BCUT2D eigenvalue weighted by atomic mass is 10.1. The largest absolute Gasteiger partial charge is 0.328 e. The van der Waals surface area contributed by atoms with Crippen molar-refractivity contribution in [2.24, 2.45) is 5.73 Å². The molecule has 0 aliphatic rings. The summed E-state index contributed by atoms with van der Waals surface area (Å²) in [6.45, 7) is 1.75. The van der Waals surface area contributed by atoms with Crippen LogP contribution in [0.15, 0.2) is 18.2 Å². The number of halogens is 2. The lowest BCUT2D eigenvalue weighted by molar-refractivity contribution is 0.575. The Morgan fingerprint density at radius 2 is 2.08 bits per heavy atom. The smallest absolute Gasteiger partial charge is 0.126 e. The Bertz CT molecular complexity index is 271. The van der Waals surface area contributed by atoms with Crippen LogP contribution in [-0.2, 0) is 6.42 Å². The van der Waals surface area contributed by atoms with Crippen molar-refractivity contribution in [2.45, 2.75) is 19.4 Å². The van der Waals surface area contributed by atoms with E-state index in [1.54, 1.807) is 6.92 Å². The van der Waals surface area contributed by atoms with Crippen molar-refractivity contribution in [3.8, 4) is 0 Å². The summed E-state index contributed by atoms with van der Waals surface area (Å²) in [5.74, 6) is -0.819. The van der Waals surface area contributed by atoms with Crippen LogP contribution in [0, 0.1) is 11.6 Å². The maximum absolute atomic E-state index is 12.9. The molecule has 0 radical (unpaired) electrons. The number of hydrogen-bond acceptors (Lipinski definition) is 1. The highest BCUT2D eigenvalue weighted by Crippen LogP contribution is 2.10. The van der Waals surface area contributed by atoms with Crippen molar-refractivity contribution in [3.63, 3.8) is 0 Å². The molecule has 0 spiro atoms. The molecule has 0 amide bonds. The zero-order valence-electron chi connectivity index (χ0n) is 6.85. The fourth-order valence-corrected chi connectivity index (χ4v) is 1.05. The first-order chi connectivity index (χ1) is 5.59. The summed E-state index contributed by atoms with van der Waals surface area (Å²) in [5.41, 5.74) is 5.79. The molecule has 0 bridgehead atoms. The van der Waals surface area contributed by atoms with Gasteiger partial charge < -0.3 is 5.73 Å². The van der Waals surface area contributed by atoms with E-state index in [9.17, 15) is 8.78 Å². The van der Waals surface area contributed by atoms with Crippen molar-refractivity contribution >= 4 is 0 Å². The van der Waals surface area contributed by atoms with E-state index >= 15 is 0 Å². The molecule has 12 heavy (non-hydrogen) atoms. The highest BCUT2D eigenvalue weighted by Gasteiger charge is 2.05. The van der Waals surface area contributed by atoms with Crippen molar-refractivity contribution in [1.29, 1.82) is 0 Å². The molecule has 0 saturated carbocycles. The molecule has 66 valence electrons. The Morgan fingerprint density at radius 3 is 2.67 bits per heavy atom. The van der Waals surface area contributed by atoms with Crippen LogP contribution in [0.2, 0.25) is 0 Å². The molecule has 1 atom stereocenters. The van der Waals surface area contributed by atoms with Gasteiger partial charge in [0.15, 0.2) is 0 Å². The fraction of sp³-hybridized carbons (Fsp3) is 0.333. The maximum Gasteiger partial charge on any atom is 0.126 e. The second-order valence-corrected chi connectivity index (χ2v) is 2.92. The molecule has 3 heteroatoms. The molecule has 0 aromatic heterocycles. The molecule has 0 aliphatic carbocycles. The minimum Gasteiger partial charge on any atom is -0.328 e. The molecule has 2 N–H and O–H groups in total. The number of nitrogens with two attached hydrogens (primary N) is 1. The summed E-state index contributed by atoms with van der Waals surface area (Å²) in [6, 6.07) is 3.24. The van der Waals surface area contributed by atoms with Gasteiger partial charge in [-0.05, 0) is 37.1 Å². The Labute approximate surface area is 70.2 Å². The second kappa shape index (κ2) is 3.63. The monoisotopic (exact) mass is 171 g/mol. The van der Waals surface area contributed by atoms with Crippen molar-refractivity contribution < 1.29 is 8.78 Å². The number of rotatable bonds is 2. The van der Waals surface area contributed by atoms with Crippen LogP contribution >= 0.6 is 0 Å². The topological polar surface area (TPSA) is 26.0 Å². The average molecular weight is 171 g/mol. The standard InChI is InChI=1S/C9H11F2N/c1-6(12)4-7-5-8(10)2-3-9(7)11/h2-3,5-6H,4,12H2,1H3/t6-/m0/s1. The predicted octanol–water partition coefficient (Wildman–Crippen LogP) is 1.85. The molecular weight excluding hydrogens is 160 g/mol. The van der Waals surface area contributed by atoms with Crippen LogP contribution in [0.3, 0.4) is 0 Å². The van der Waals surface area contributed by atoms with Gasteiger partial charge in [-0.15, -0.1) is 0 Å². The number of hydrogen-bond donors (Lipinski definition) is 1. The van der Waals surface area contributed by atoms with Crippen molar-refractivity contribution in [1.82, 2.24) is 0 Å². The van der Waals surface area contributed by atoms with E-state index in [0.29, 0.717) is 12.0 Å². The highest BCUT2D eigenvalue weighted by molar-refractivity contribution is 5.19. The zero-order chi connectivity index (χ0) is 9.14. The van der Waals surface area contributed by atoms with Gasteiger partial charge in [-0.1, -0.05) is 0 Å². The molecule has 0 heterocycles. The van der Waals surface area contributed by atoms with Crippen molar-refractivity contribution in [2.75, 3.05) is 0 Å². The first-order valence-corrected chi connectivity index (χ1v) is 3.79. The van der Waals surface area contributed by atoms with E-state index < -0.39 is 11.6 Å². The first kappa shape index (κ1) is 9.13. The predicted molar refractivity (Wildman–Crippen MR) is 43.7 cm³/mol. The van der Waals surface area contributed by atoms with Gasteiger partial charge in [0, 0.05) is 6.04 Å². The molecule has 1 aromatic rings. The second-order valence-electron chi connectivity index (χ2n) is 2.92. The minimum atomic E-state index is -0.424. The summed E-state index contributed by atoms with van der Waals surface area (Å²) in [6.07, 6.45) is 0.365. The van der Waals surface area contributed by atoms with Crippen LogP contribution in [-0.4, -0.2) is 6.04 Å². The Kier molecular flexibility index (Phi) is 2.76. The van der Waals surface area contributed by atoms with Gasteiger partial charge in [-0.25, -0.2) is 8.78 Å². The fourth-order valence-electron chi connectivity index (χ4n) is 1.05. The third kappa shape index (κ3) is 2.27. The normalized spacial score (nSPS) is 13.0. The van der Waals surface area contributed by atoms with Crippen LogP contribution in [0.5, 0.6) is 0 Å². The molecule has 1 aromatic carbocycles. The SMILES string of the molecule is C[C@H](N)Cc1cc(F)ccc1F. The molecular formula is C9H11F2N. The van der Waals surface area contributed by atoms with Gasteiger partial charge in [-0.2, -0.15) is 0 Å². The third-order valence-electron chi connectivity index (χ3n) is 1.55. The van der Waals surface area contributed by atoms with Crippen LogP contribution in [0.4, 0.5) is 8.78 Å². The van der Waals surface area contributed by atoms with Gasteiger partial charge in [0.25, 0.3) is 0 Å². The van der Waals surface area contributed by atoms with Gasteiger partial charge >= 0.3 is 0 Å². The highest BCUT2D eigenvalue weighted by atomic mass is 19.1. The molecule has 0 saturated heterocycles. The van der Waals surface area contributed by atoms with Gasteiger partial charge in [0.1, 0.15) is 11.6 Å². The summed E-state index contributed by atoms with van der Waals surface area (Å²) in [5, 5.41) is 0. The maximum atomic E-state index is 12.9. The zero-order valence-corrected chi connectivity index (χ0v) is 6.85. The van der Waals surface area contributed by atoms with Gasteiger partial charge in [0.2, 0.25) is 0 Å².